The van der Waals surface area contributed by atoms with Gasteiger partial charge in [0.15, 0.2) is 0 Å². The summed E-state index contributed by atoms with van der Waals surface area (Å²) in [5, 5.41) is 2.77. The Hall–Kier alpha value is -1.60. The summed E-state index contributed by atoms with van der Waals surface area (Å²) in [5.74, 6) is 0.664. The topological polar surface area (TPSA) is 75.7 Å². The second-order valence-corrected chi connectivity index (χ2v) is 7.36. The Balaban J connectivity index is 1.81. The molecule has 1 amide bonds. The Bertz CT molecular complexity index is 616. The van der Waals surface area contributed by atoms with Gasteiger partial charge in [-0.1, -0.05) is 18.2 Å². The Morgan fingerprint density at radius 1 is 1.32 bits per heavy atom. The number of hydrogen-bond acceptors (Lipinski definition) is 4. The van der Waals surface area contributed by atoms with Crippen molar-refractivity contribution >= 4 is 15.9 Å². The van der Waals surface area contributed by atoms with E-state index in [4.69, 9.17) is 4.74 Å². The van der Waals surface area contributed by atoms with Gasteiger partial charge in [0.05, 0.1) is 19.4 Å². The highest BCUT2D eigenvalue weighted by molar-refractivity contribution is 7.89. The maximum Gasteiger partial charge on any atom is 0.235 e. The zero-order chi connectivity index (χ0) is 16.0. The lowest BCUT2D eigenvalue weighted by Gasteiger charge is -2.25. The van der Waals surface area contributed by atoms with Gasteiger partial charge in [-0.3, -0.25) is 4.79 Å². The van der Waals surface area contributed by atoms with E-state index in [1.807, 2.05) is 24.3 Å². The fourth-order valence-corrected chi connectivity index (χ4v) is 4.03. The van der Waals surface area contributed by atoms with Crippen LogP contribution < -0.4 is 10.1 Å². The first kappa shape index (κ1) is 16.8. The largest absolute Gasteiger partial charge is 0.496 e. The number of methoxy groups -OCH3 is 1. The minimum atomic E-state index is -3.25. The average molecular weight is 326 g/mol. The smallest absolute Gasteiger partial charge is 0.235 e. The molecule has 0 atom stereocenters. The predicted octanol–water partition coefficient (Wildman–Crippen LogP) is 0.779. The molecule has 0 aromatic heterocycles. The third kappa shape index (κ3) is 4.45. The van der Waals surface area contributed by atoms with Crippen LogP contribution in [0.2, 0.25) is 0 Å². The lowest BCUT2D eigenvalue weighted by Crippen LogP contribution is -2.44. The second kappa shape index (κ2) is 7.60. The van der Waals surface area contributed by atoms with Crippen molar-refractivity contribution in [1.29, 1.82) is 0 Å². The van der Waals surface area contributed by atoms with Crippen LogP contribution >= 0.6 is 0 Å². The summed E-state index contributed by atoms with van der Waals surface area (Å²) in [6, 6.07) is 7.62. The van der Waals surface area contributed by atoms with Crippen LogP contribution in [0.3, 0.4) is 0 Å². The summed E-state index contributed by atoms with van der Waals surface area (Å²) < 4.78 is 30.2. The third-order valence-electron chi connectivity index (χ3n) is 3.68. The normalized spacial score (nSPS) is 17.9. The van der Waals surface area contributed by atoms with Gasteiger partial charge >= 0.3 is 0 Å². The van der Waals surface area contributed by atoms with Crippen LogP contribution in [0, 0.1) is 0 Å². The first-order chi connectivity index (χ1) is 10.5. The van der Waals surface area contributed by atoms with Crippen molar-refractivity contribution in [2.75, 3.05) is 32.5 Å². The molecule has 7 heteroatoms. The van der Waals surface area contributed by atoms with Crippen LogP contribution in [0.4, 0.5) is 0 Å². The van der Waals surface area contributed by atoms with Crippen molar-refractivity contribution < 1.29 is 17.9 Å². The molecular formula is C15H22N2O4S. The molecule has 2 rings (SSSR count). The van der Waals surface area contributed by atoms with E-state index in [0.717, 1.165) is 17.7 Å². The maximum atomic E-state index is 11.9. The first-order valence-electron chi connectivity index (χ1n) is 7.39. The number of rotatable bonds is 6. The fraction of sp³-hybridized carbons (Fsp3) is 0.533. The fourth-order valence-electron chi connectivity index (χ4n) is 2.48. The van der Waals surface area contributed by atoms with E-state index in [0.29, 0.717) is 25.9 Å². The molecule has 1 aliphatic heterocycles. The predicted molar refractivity (Wildman–Crippen MR) is 84.3 cm³/mol. The van der Waals surface area contributed by atoms with Gasteiger partial charge < -0.3 is 10.1 Å². The molecule has 122 valence electrons. The molecule has 1 aromatic carbocycles. The third-order valence-corrected chi connectivity index (χ3v) is 5.59. The van der Waals surface area contributed by atoms with Crippen LogP contribution in [0.1, 0.15) is 18.4 Å². The van der Waals surface area contributed by atoms with Gasteiger partial charge in [0.2, 0.25) is 15.9 Å². The van der Waals surface area contributed by atoms with E-state index >= 15 is 0 Å². The van der Waals surface area contributed by atoms with E-state index < -0.39 is 10.0 Å². The number of carbonyl (C=O) groups excluding carboxylic acids is 1. The molecular weight excluding hydrogens is 304 g/mol. The van der Waals surface area contributed by atoms with Gasteiger partial charge in [-0.15, -0.1) is 0 Å². The number of benzene rings is 1. The van der Waals surface area contributed by atoms with Crippen LogP contribution in [-0.4, -0.2) is 51.1 Å². The van der Waals surface area contributed by atoms with E-state index in [1.54, 1.807) is 7.11 Å². The lowest BCUT2D eigenvalue weighted by atomic mass is 10.1. The summed E-state index contributed by atoms with van der Waals surface area (Å²) in [6.07, 6.45) is 2.13. The molecule has 0 saturated carbocycles. The summed E-state index contributed by atoms with van der Waals surface area (Å²) >= 11 is 0. The Kier molecular flexibility index (Phi) is 5.79. The maximum absolute atomic E-state index is 11.9. The van der Waals surface area contributed by atoms with Crippen molar-refractivity contribution in [1.82, 2.24) is 9.62 Å². The van der Waals surface area contributed by atoms with Crippen LogP contribution in [0.15, 0.2) is 24.3 Å². The highest BCUT2D eigenvalue weighted by atomic mass is 32.2. The Morgan fingerprint density at radius 3 is 2.82 bits per heavy atom. The number of amides is 1. The molecule has 0 radical (unpaired) electrons. The molecule has 1 aromatic rings. The van der Waals surface area contributed by atoms with Crippen LogP contribution in [0.25, 0.3) is 0 Å². The molecule has 0 bridgehead atoms. The van der Waals surface area contributed by atoms with Gasteiger partial charge in [-0.2, -0.15) is 4.31 Å². The summed E-state index contributed by atoms with van der Waals surface area (Å²) in [7, 11) is -1.64. The Labute approximate surface area is 131 Å². The van der Waals surface area contributed by atoms with Gasteiger partial charge in [0, 0.05) is 13.1 Å². The number of hydrogen-bond donors (Lipinski definition) is 1. The van der Waals surface area contributed by atoms with Gasteiger partial charge in [-0.25, -0.2) is 8.42 Å². The highest BCUT2D eigenvalue weighted by Gasteiger charge is 2.27. The lowest BCUT2D eigenvalue weighted by molar-refractivity contribution is -0.121. The van der Waals surface area contributed by atoms with Crippen molar-refractivity contribution in [3.8, 4) is 5.75 Å². The molecule has 1 saturated heterocycles. The molecule has 0 spiro atoms. The van der Waals surface area contributed by atoms with Crippen molar-refractivity contribution in [3.05, 3.63) is 29.8 Å². The van der Waals surface area contributed by atoms with Crippen molar-refractivity contribution in [2.45, 2.75) is 19.3 Å². The first-order valence-corrected chi connectivity index (χ1v) is 9.00. The zero-order valence-corrected chi connectivity index (χ0v) is 13.6. The minimum absolute atomic E-state index is 0.0890. The van der Waals surface area contributed by atoms with E-state index in [9.17, 15) is 13.2 Å². The summed E-state index contributed by atoms with van der Waals surface area (Å²) in [4.78, 5) is 11.9. The molecule has 0 aliphatic carbocycles. The molecule has 1 heterocycles. The number of nitrogens with one attached hydrogen (secondary N) is 1. The number of nitrogens with zero attached hydrogens (tertiary/aromatic N) is 1. The molecule has 1 aliphatic rings. The molecule has 6 nitrogen and oxygen atoms in total. The molecule has 0 unspecified atom stereocenters. The SMILES string of the molecule is COc1ccccc1CCNC(=O)CN1CCCCS1(=O)=O. The summed E-state index contributed by atoms with van der Waals surface area (Å²) in [6.45, 7) is 0.795. The number of sulfonamides is 1. The van der Waals surface area contributed by atoms with Gasteiger partial charge in [0.25, 0.3) is 0 Å². The van der Waals surface area contributed by atoms with Crippen molar-refractivity contribution in [3.63, 3.8) is 0 Å². The zero-order valence-electron chi connectivity index (χ0n) is 12.7. The quantitative estimate of drug-likeness (QED) is 0.838. The average Bonchev–Trinajstić information content (AvgIpc) is 2.50. The standard InChI is InChI=1S/C15H22N2O4S/c1-21-14-7-3-2-6-13(14)8-9-16-15(18)12-17-10-4-5-11-22(17,19)20/h2-3,6-7H,4-5,8-12H2,1H3,(H,16,18). The summed E-state index contributed by atoms with van der Waals surface area (Å²) in [5.41, 5.74) is 1.01. The second-order valence-electron chi connectivity index (χ2n) is 5.27. The Morgan fingerprint density at radius 2 is 2.09 bits per heavy atom. The monoisotopic (exact) mass is 326 g/mol. The molecule has 22 heavy (non-hydrogen) atoms. The van der Waals surface area contributed by atoms with Gasteiger partial charge in [0.1, 0.15) is 5.75 Å². The van der Waals surface area contributed by atoms with Crippen LogP contribution in [-0.2, 0) is 21.2 Å². The van der Waals surface area contributed by atoms with Gasteiger partial charge in [-0.05, 0) is 30.9 Å². The van der Waals surface area contributed by atoms with Crippen molar-refractivity contribution in [2.24, 2.45) is 0 Å². The van der Waals surface area contributed by atoms with E-state index in [-0.39, 0.29) is 18.2 Å². The number of carbonyl (C=O) groups is 1. The number of para-hydroxylation sites is 1. The van der Waals surface area contributed by atoms with E-state index in [2.05, 4.69) is 5.32 Å². The van der Waals surface area contributed by atoms with Crippen LogP contribution in [0.5, 0.6) is 5.75 Å². The number of ether oxygens (including phenoxy) is 1. The molecule has 1 N–H and O–H groups in total. The minimum Gasteiger partial charge on any atom is -0.496 e. The highest BCUT2D eigenvalue weighted by Crippen LogP contribution is 2.17. The van der Waals surface area contributed by atoms with E-state index in [1.165, 1.54) is 4.31 Å². The molecule has 1 fully saturated rings.